The Kier molecular flexibility index (Phi) is 7.88. The summed E-state index contributed by atoms with van der Waals surface area (Å²) in [6.07, 6.45) is 2.07. The Hall–Kier alpha value is -2.07. The number of hydrogen-bond acceptors (Lipinski definition) is 5. The van der Waals surface area contributed by atoms with Crippen molar-refractivity contribution in [1.82, 2.24) is 4.98 Å². The van der Waals surface area contributed by atoms with Crippen molar-refractivity contribution >= 4 is 53.2 Å². The number of methoxy groups -OCH3 is 2. The number of aromatic nitrogens is 1. The molecule has 0 saturated heterocycles. The number of pyridine rings is 1. The maximum absolute atomic E-state index is 11.9. The number of nitrogens with one attached hydrogen (secondary N) is 1. The van der Waals surface area contributed by atoms with E-state index in [1.54, 1.807) is 37.4 Å². The second-order valence-electron chi connectivity index (χ2n) is 6.18. The third-order valence-corrected chi connectivity index (χ3v) is 4.48. The van der Waals surface area contributed by atoms with Crippen LogP contribution in [-0.2, 0) is 11.3 Å². The zero-order valence-electron chi connectivity index (χ0n) is 15.6. The van der Waals surface area contributed by atoms with Crippen LogP contribution >= 0.6 is 35.6 Å². The molecule has 0 aliphatic heterocycles. The van der Waals surface area contributed by atoms with E-state index in [9.17, 15) is 4.79 Å². The molecule has 3 N–H and O–H groups in total. The quantitative estimate of drug-likeness (QED) is 0.261. The van der Waals surface area contributed by atoms with Crippen LogP contribution in [0.1, 0.15) is 40.5 Å². The lowest BCUT2D eigenvalue weighted by Crippen LogP contribution is -2.22. The van der Waals surface area contributed by atoms with Crippen LogP contribution in [-0.4, -0.2) is 31.1 Å². The lowest BCUT2D eigenvalue weighted by atomic mass is 10.1. The predicted octanol–water partition coefficient (Wildman–Crippen LogP) is 3.95. The number of anilines is 1. The van der Waals surface area contributed by atoms with Crippen LogP contribution in [0.2, 0.25) is 5.02 Å². The first-order valence-electron chi connectivity index (χ1n) is 8.50. The lowest BCUT2D eigenvalue weighted by molar-refractivity contribution is 0.0598. The highest BCUT2D eigenvalue weighted by Crippen LogP contribution is 2.40. The maximum atomic E-state index is 11.9. The average molecular weight is 517 g/mol. The van der Waals surface area contributed by atoms with Crippen molar-refractivity contribution in [2.75, 3.05) is 19.5 Å². The highest BCUT2D eigenvalue weighted by molar-refractivity contribution is 14.0. The fourth-order valence-electron chi connectivity index (χ4n) is 2.65. The molecule has 0 radical (unpaired) electrons. The standard InChI is InChI=1S/C19H21ClN4O3.HI/c1-26-16-8-6-12(9-15(16)20)24-19(21)22-10-13-5-7-14(18(25)27-2)17(23-13)11-3-4-11;/h5-9,11H,3-4,10H2,1-2H3,(H3,21,22,24);1H. The third-order valence-electron chi connectivity index (χ3n) is 4.19. The number of benzene rings is 1. The molecule has 0 unspecified atom stereocenters. The van der Waals surface area contributed by atoms with E-state index in [-0.39, 0.29) is 35.9 Å². The first-order valence-corrected chi connectivity index (χ1v) is 8.88. The van der Waals surface area contributed by atoms with Crippen molar-refractivity contribution < 1.29 is 14.3 Å². The Morgan fingerprint density at radius 1 is 1.32 bits per heavy atom. The first-order chi connectivity index (χ1) is 13.0. The SMILES string of the molecule is COC(=O)c1ccc(CN=C(N)Nc2ccc(OC)c(Cl)c2)nc1C1CC1.I. The van der Waals surface area contributed by atoms with Gasteiger partial charge < -0.3 is 20.5 Å². The van der Waals surface area contributed by atoms with Crippen LogP contribution in [0.3, 0.4) is 0 Å². The molecule has 1 fully saturated rings. The third kappa shape index (κ3) is 5.48. The average Bonchev–Trinajstić information content (AvgIpc) is 3.51. The molecule has 1 aliphatic carbocycles. The highest BCUT2D eigenvalue weighted by atomic mass is 127. The molecule has 0 spiro atoms. The predicted molar refractivity (Wildman–Crippen MR) is 120 cm³/mol. The Morgan fingerprint density at radius 2 is 2.07 bits per heavy atom. The summed E-state index contributed by atoms with van der Waals surface area (Å²) in [6, 6.07) is 8.75. The number of carbonyl (C=O) groups excluding carboxylic acids is 1. The summed E-state index contributed by atoms with van der Waals surface area (Å²) >= 11 is 6.10. The number of guanidine groups is 1. The van der Waals surface area contributed by atoms with Crippen LogP contribution in [0.4, 0.5) is 5.69 Å². The van der Waals surface area contributed by atoms with Gasteiger partial charge in [0.05, 0.1) is 42.7 Å². The zero-order valence-corrected chi connectivity index (χ0v) is 18.7. The largest absolute Gasteiger partial charge is 0.495 e. The molecule has 3 rings (SSSR count). The van der Waals surface area contributed by atoms with E-state index in [1.165, 1.54) is 7.11 Å². The molecule has 28 heavy (non-hydrogen) atoms. The summed E-state index contributed by atoms with van der Waals surface area (Å²) < 4.78 is 9.95. The molecule has 2 aromatic rings. The van der Waals surface area contributed by atoms with Gasteiger partial charge in [-0.25, -0.2) is 9.79 Å². The number of nitrogens with zero attached hydrogens (tertiary/aromatic N) is 2. The maximum Gasteiger partial charge on any atom is 0.339 e. The monoisotopic (exact) mass is 516 g/mol. The van der Waals surface area contributed by atoms with Gasteiger partial charge in [0.2, 0.25) is 0 Å². The minimum atomic E-state index is -0.364. The normalized spacial score (nSPS) is 13.5. The number of rotatable bonds is 6. The fraction of sp³-hybridized carbons (Fsp3) is 0.316. The number of ether oxygens (including phenoxy) is 2. The summed E-state index contributed by atoms with van der Waals surface area (Å²) in [4.78, 5) is 20.8. The Balaban J connectivity index is 0.00000280. The molecule has 1 aromatic carbocycles. The van der Waals surface area contributed by atoms with Gasteiger partial charge in [-0.1, -0.05) is 11.6 Å². The van der Waals surface area contributed by atoms with E-state index in [1.807, 2.05) is 0 Å². The van der Waals surface area contributed by atoms with Crippen LogP contribution in [0.5, 0.6) is 5.75 Å². The second kappa shape index (κ2) is 9.92. The van der Waals surface area contributed by atoms with Gasteiger partial charge in [0, 0.05) is 11.6 Å². The number of halogens is 2. The van der Waals surface area contributed by atoms with E-state index in [0.29, 0.717) is 34.5 Å². The van der Waals surface area contributed by atoms with Crippen LogP contribution in [0.15, 0.2) is 35.3 Å². The van der Waals surface area contributed by atoms with Crippen molar-refractivity contribution in [2.24, 2.45) is 10.7 Å². The molecule has 0 atom stereocenters. The molecule has 1 saturated carbocycles. The Labute approximate surface area is 185 Å². The van der Waals surface area contributed by atoms with Gasteiger partial charge in [0.15, 0.2) is 5.96 Å². The lowest BCUT2D eigenvalue weighted by Gasteiger charge is -2.09. The van der Waals surface area contributed by atoms with E-state index >= 15 is 0 Å². The second-order valence-corrected chi connectivity index (χ2v) is 6.58. The van der Waals surface area contributed by atoms with Gasteiger partial charge in [0.1, 0.15) is 5.75 Å². The minimum Gasteiger partial charge on any atom is -0.495 e. The Bertz CT molecular complexity index is 887. The molecule has 1 heterocycles. The molecule has 7 nitrogen and oxygen atoms in total. The van der Waals surface area contributed by atoms with Gasteiger partial charge in [-0.15, -0.1) is 24.0 Å². The molecule has 0 bridgehead atoms. The molecule has 1 aliphatic rings. The van der Waals surface area contributed by atoms with Crippen molar-refractivity contribution in [3.05, 3.63) is 52.3 Å². The minimum absolute atomic E-state index is 0. The van der Waals surface area contributed by atoms with Crippen LogP contribution in [0.25, 0.3) is 0 Å². The molecule has 9 heteroatoms. The number of hydrogen-bond donors (Lipinski definition) is 2. The van der Waals surface area contributed by atoms with Gasteiger partial charge in [-0.2, -0.15) is 0 Å². The molecular formula is C19H22ClIN4O3. The van der Waals surface area contributed by atoms with Crippen molar-refractivity contribution in [3.63, 3.8) is 0 Å². The summed E-state index contributed by atoms with van der Waals surface area (Å²) in [6.45, 7) is 0.296. The van der Waals surface area contributed by atoms with Gasteiger partial charge in [-0.05, 0) is 43.2 Å². The summed E-state index contributed by atoms with van der Waals surface area (Å²) in [7, 11) is 2.92. The van der Waals surface area contributed by atoms with Crippen LogP contribution in [0, 0.1) is 0 Å². The summed E-state index contributed by atoms with van der Waals surface area (Å²) in [5.74, 6) is 0.778. The van der Waals surface area contributed by atoms with Crippen molar-refractivity contribution in [1.29, 1.82) is 0 Å². The van der Waals surface area contributed by atoms with Gasteiger partial charge in [0.25, 0.3) is 0 Å². The Morgan fingerprint density at radius 3 is 2.68 bits per heavy atom. The molecule has 150 valence electrons. The molecule has 1 aromatic heterocycles. The molecular weight excluding hydrogens is 495 g/mol. The number of carbonyl (C=O) groups is 1. The van der Waals surface area contributed by atoms with E-state index in [0.717, 1.165) is 24.2 Å². The van der Waals surface area contributed by atoms with E-state index in [4.69, 9.17) is 26.8 Å². The number of aliphatic imine (C=N–C) groups is 1. The fourth-order valence-corrected chi connectivity index (χ4v) is 2.91. The zero-order chi connectivity index (χ0) is 19.4. The summed E-state index contributed by atoms with van der Waals surface area (Å²) in [5, 5.41) is 3.45. The van der Waals surface area contributed by atoms with E-state index in [2.05, 4.69) is 15.3 Å². The highest BCUT2D eigenvalue weighted by Gasteiger charge is 2.30. The molecule has 0 amide bonds. The topological polar surface area (TPSA) is 98.8 Å². The van der Waals surface area contributed by atoms with Crippen LogP contribution < -0.4 is 15.8 Å². The summed E-state index contributed by atoms with van der Waals surface area (Å²) in [5.41, 5.74) is 8.69. The smallest absolute Gasteiger partial charge is 0.339 e. The van der Waals surface area contributed by atoms with Gasteiger partial charge in [-0.3, -0.25) is 4.98 Å². The van der Waals surface area contributed by atoms with Gasteiger partial charge >= 0.3 is 5.97 Å². The number of nitrogens with two attached hydrogens (primary N) is 1. The number of esters is 1. The van der Waals surface area contributed by atoms with Crippen molar-refractivity contribution in [3.8, 4) is 5.75 Å². The van der Waals surface area contributed by atoms with Crippen molar-refractivity contribution in [2.45, 2.75) is 25.3 Å². The van der Waals surface area contributed by atoms with E-state index < -0.39 is 0 Å². The first kappa shape index (κ1) is 22.2.